The number of hydrogen-bond donors (Lipinski definition) is 3. The molecule has 2 aromatic carbocycles. The highest BCUT2D eigenvalue weighted by Gasteiger charge is 2.16. The second kappa shape index (κ2) is 3.93. The van der Waals surface area contributed by atoms with E-state index in [-0.39, 0.29) is 22.6 Å². The van der Waals surface area contributed by atoms with Gasteiger partial charge in [0.05, 0.1) is 0 Å². The Morgan fingerprint density at radius 1 is 0.824 bits per heavy atom. The lowest BCUT2D eigenvalue weighted by molar-refractivity contribution is 0.397. The van der Waals surface area contributed by atoms with Crippen LogP contribution in [0.5, 0.6) is 17.2 Å². The molecule has 3 nitrogen and oxygen atoms in total. The first-order chi connectivity index (χ1) is 8.00. The molecule has 0 aliphatic heterocycles. The molecule has 3 N–H and O–H groups in total. The average molecular weight is 238 g/mol. The highest BCUT2D eigenvalue weighted by atomic mass is 19.1. The summed E-state index contributed by atoms with van der Waals surface area (Å²) in [5.74, 6) is -3.87. The van der Waals surface area contributed by atoms with Crippen molar-refractivity contribution in [3.05, 3.63) is 42.0 Å². The summed E-state index contributed by atoms with van der Waals surface area (Å²) in [6.45, 7) is 0. The molecule has 0 unspecified atom stereocenters. The smallest absolute Gasteiger partial charge is 0.188 e. The van der Waals surface area contributed by atoms with Gasteiger partial charge in [-0.1, -0.05) is 0 Å². The van der Waals surface area contributed by atoms with Gasteiger partial charge in [0.15, 0.2) is 17.4 Å². The summed E-state index contributed by atoms with van der Waals surface area (Å²) in [7, 11) is 0. The Balaban J connectivity index is 2.69. The third kappa shape index (κ3) is 1.87. The average Bonchev–Trinajstić information content (AvgIpc) is 2.30. The van der Waals surface area contributed by atoms with E-state index >= 15 is 0 Å². The maximum absolute atomic E-state index is 13.6. The molecule has 0 aromatic heterocycles. The summed E-state index contributed by atoms with van der Waals surface area (Å²) in [5.41, 5.74) is -0.227. The molecular formula is C12H8F2O3. The van der Waals surface area contributed by atoms with Gasteiger partial charge in [-0.05, 0) is 30.3 Å². The van der Waals surface area contributed by atoms with E-state index in [1.54, 1.807) is 0 Å². The van der Waals surface area contributed by atoms with E-state index in [2.05, 4.69) is 0 Å². The first kappa shape index (κ1) is 11.2. The van der Waals surface area contributed by atoms with Crippen molar-refractivity contribution in [2.45, 2.75) is 0 Å². The van der Waals surface area contributed by atoms with Gasteiger partial charge in [-0.3, -0.25) is 0 Å². The minimum Gasteiger partial charge on any atom is -0.508 e. The molecule has 0 bridgehead atoms. The van der Waals surface area contributed by atoms with Gasteiger partial charge < -0.3 is 15.3 Å². The van der Waals surface area contributed by atoms with Crippen LogP contribution in [0.15, 0.2) is 30.3 Å². The Hall–Kier alpha value is -2.30. The summed E-state index contributed by atoms with van der Waals surface area (Å²) in [4.78, 5) is 0. The van der Waals surface area contributed by atoms with Gasteiger partial charge in [-0.25, -0.2) is 8.78 Å². The van der Waals surface area contributed by atoms with Crippen molar-refractivity contribution in [3.8, 4) is 28.4 Å². The normalized spacial score (nSPS) is 10.5. The Morgan fingerprint density at radius 2 is 1.53 bits per heavy atom. The highest BCUT2D eigenvalue weighted by Crippen LogP contribution is 2.37. The Bertz CT molecular complexity index is 582. The zero-order chi connectivity index (χ0) is 12.6. The maximum Gasteiger partial charge on any atom is 0.188 e. The zero-order valence-electron chi connectivity index (χ0n) is 8.48. The van der Waals surface area contributed by atoms with Crippen LogP contribution >= 0.6 is 0 Å². The van der Waals surface area contributed by atoms with Crippen molar-refractivity contribution in [2.75, 3.05) is 0 Å². The van der Waals surface area contributed by atoms with Crippen LogP contribution in [-0.2, 0) is 0 Å². The largest absolute Gasteiger partial charge is 0.508 e. The third-order valence-corrected chi connectivity index (χ3v) is 2.34. The fraction of sp³-hybridized carbons (Fsp3) is 0. The SMILES string of the molecule is Oc1ccc(O)c(-c2ccc(F)c(O)c2F)c1. The standard InChI is InChI=1S/C12H8F2O3/c13-9-3-2-7(11(14)12(9)17)8-5-6(15)1-4-10(8)16/h1-5,15-17H. The molecule has 0 aliphatic carbocycles. The van der Waals surface area contributed by atoms with Crippen molar-refractivity contribution in [1.29, 1.82) is 0 Å². The molecule has 0 radical (unpaired) electrons. The van der Waals surface area contributed by atoms with Crippen LogP contribution in [0.25, 0.3) is 11.1 Å². The van der Waals surface area contributed by atoms with Crippen LogP contribution in [0.2, 0.25) is 0 Å². The number of benzene rings is 2. The van der Waals surface area contributed by atoms with E-state index in [0.717, 1.165) is 18.2 Å². The predicted octanol–water partition coefficient (Wildman–Crippen LogP) is 2.75. The Kier molecular flexibility index (Phi) is 2.59. The van der Waals surface area contributed by atoms with Crippen LogP contribution in [0.4, 0.5) is 8.78 Å². The fourth-order valence-electron chi connectivity index (χ4n) is 1.49. The van der Waals surface area contributed by atoms with Crippen molar-refractivity contribution in [1.82, 2.24) is 0 Å². The van der Waals surface area contributed by atoms with Gasteiger partial charge in [-0.15, -0.1) is 0 Å². The summed E-state index contributed by atoms with van der Waals surface area (Å²) in [5, 5.41) is 27.9. The first-order valence-electron chi connectivity index (χ1n) is 4.70. The number of hydrogen-bond acceptors (Lipinski definition) is 3. The molecule has 0 fully saturated rings. The predicted molar refractivity (Wildman–Crippen MR) is 56.8 cm³/mol. The Morgan fingerprint density at radius 3 is 2.24 bits per heavy atom. The molecular weight excluding hydrogens is 230 g/mol. The van der Waals surface area contributed by atoms with Crippen LogP contribution < -0.4 is 0 Å². The minimum absolute atomic E-state index is 0.0298. The lowest BCUT2D eigenvalue weighted by Gasteiger charge is -2.08. The van der Waals surface area contributed by atoms with Gasteiger partial charge in [0.25, 0.3) is 0 Å². The molecule has 0 heterocycles. The van der Waals surface area contributed by atoms with Gasteiger partial charge in [-0.2, -0.15) is 0 Å². The highest BCUT2D eigenvalue weighted by molar-refractivity contribution is 5.73. The molecule has 5 heteroatoms. The third-order valence-electron chi connectivity index (χ3n) is 2.34. The second-order valence-electron chi connectivity index (χ2n) is 3.46. The van der Waals surface area contributed by atoms with Crippen LogP contribution in [0.3, 0.4) is 0 Å². The lowest BCUT2D eigenvalue weighted by Crippen LogP contribution is -1.89. The molecule has 88 valence electrons. The van der Waals surface area contributed by atoms with Gasteiger partial charge in [0.1, 0.15) is 11.5 Å². The Labute approximate surface area is 95.2 Å². The summed E-state index contributed by atoms with van der Waals surface area (Å²) < 4.78 is 26.4. The van der Waals surface area contributed by atoms with Crippen LogP contribution in [-0.4, -0.2) is 15.3 Å². The van der Waals surface area contributed by atoms with Gasteiger partial charge in [0, 0.05) is 11.1 Å². The fourth-order valence-corrected chi connectivity index (χ4v) is 1.49. The molecule has 0 saturated heterocycles. The van der Waals surface area contributed by atoms with E-state index in [9.17, 15) is 19.0 Å². The van der Waals surface area contributed by atoms with Crippen LogP contribution in [0.1, 0.15) is 0 Å². The summed E-state index contributed by atoms with van der Waals surface area (Å²) >= 11 is 0. The van der Waals surface area contributed by atoms with E-state index < -0.39 is 17.4 Å². The van der Waals surface area contributed by atoms with Gasteiger partial charge in [0.2, 0.25) is 0 Å². The monoisotopic (exact) mass is 238 g/mol. The molecule has 2 rings (SSSR count). The van der Waals surface area contributed by atoms with E-state index in [0.29, 0.717) is 0 Å². The zero-order valence-corrected chi connectivity index (χ0v) is 8.48. The maximum atomic E-state index is 13.6. The number of phenols is 3. The lowest BCUT2D eigenvalue weighted by atomic mass is 10.0. The van der Waals surface area contributed by atoms with E-state index in [1.165, 1.54) is 12.1 Å². The summed E-state index contributed by atoms with van der Waals surface area (Å²) in [6.07, 6.45) is 0. The number of halogens is 2. The molecule has 0 amide bonds. The van der Waals surface area contributed by atoms with Crippen molar-refractivity contribution in [3.63, 3.8) is 0 Å². The molecule has 17 heavy (non-hydrogen) atoms. The van der Waals surface area contributed by atoms with Gasteiger partial charge >= 0.3 is 0 Å². The molecule has 0 atom stereocenters. The molecule has 0 aliphatic rings. The summed E-state index contributed by atoms with van der Waals surface area (Å²) in [6, 6.07) is 5.45. The van der Waals surface area contributed by atoms with E-state index in [1.807, 2.05) is 0 Å². The van der Waals surface area contributed by atoms with Crippen molar-refractivity contribution in [2.24, 2.45) is 0 Å². The van der Waals surface area contributed by atoms with E-state index in [4.69, 9.17) is 5.11 Å². The topological polar surface area (TPSA) is 60.7 Å². The van der Waals surface area contributed by atoms with Crippen molar-refractivity contribution < 1.29 is 24.1 Å². The second-order valence-corrected chi connectivity index (χ2v) is 3.46. The number of phenolic OH excluding ortho intramolecular Hbond substituents is 3. The van der Waals surface area contributed by atoms with Crippen molar-refractivity contribution >= 4 is 0 Å². The molecule has 0 spiro atoms. The quantitative estimate of drug-likeness (QED) is 0.669. The number of rotatable bonds is 1. The number of aromatic hydroxyl groups is 3. The minimum atomic E-state index is -1.19. The molecule has 0 saturated carbocycles. The first-order valence-corrected chi connectivity index (χ1v) is 4.70. The van der Waals surface area contributed by atoms with Crippen LogP contribution in [0, 0.1) is 11.6 Å². The molecule has 2 aromatic rings.